The quantitative estimate of drug-likeness (QED) is 0.315. The van der Waals surface area contributed by atoms with Crippen LogP contribution in [-0.2, 0) is 0 Å². The Morgan fingerprint density at radius 2 is 1.77 bits per heavy atom. The zero-order valence-electron chi connectivity index (χ0n) is 20.9. The topological polar surface area (TPSA) is 89.4 Å². The van der Waals surface area contributed by atoms with Gasteiger partial charge in [0, 0.05) is 37.1 Å². The van der Waals surface area contributed by atoms with Gasteiger partial charge in [0.05, 0.1) is 28.5 Å². The number of halogens is 3. The number of benzene rings is 2. The van der Waals surface area contributed by atoms with Crippen LogP contribution in [0.4, 0.5) is 14.5 Å². The molecule has 200 valence electrons. The first kappa shape index (κ1) is 26.3. The smallest absolute Gasteiger partial charge is 0.258 e. The van der Waals surface area contributed by atoms with Crippen molar-refractivity contribution < 1.29 is 23.1 Å². The molecule has 0 radical (unpaired) electrons. The van der Waals surface area contributed by atoms with Crippen LogP contribution in [-0.4, -0.2) is 44.6 Å². The van der Waals surface area contributed by atoms with Crippen molar-refractivity contribution in [2.75, 3.05) is 18.4 Å². The van der Waals surface area contributed by atoms with Gasteiger partial charge in [-0.2, -0.15) is 5.10 Å². The molecule has 0 spiro atoms. The molecule has 0 aliphatic carbocycles. The molecule has 1 aliphatic rings. The van der Waals surface area contributed by atoms with Gasteiger partial charge in [0.1, 0.15) is 17.4 Å². The van der Waals surface area contributed by atoms with Gasteiger partial charge in [-0.3, -0.25) is 14.3 Å². The zero-order chi connectivity index (χ0) is 27.5. The number of carbonyl (C=O) groups is 2. The van der Waals surface area contributed by atoms with E-state index in [0.717, 1.165) is 12.1 Å². The maximum atomic E-state index is 14.1. The Hall–Kier alpha value is -4.31. The van der Waals surface area contributed by atoms with Crippen molar-refractivity contribution in [3.63, 3.8) is 0 Å². The fourth-order valence-corrected chi connectivity index (χ4v) is 4.46. The molecule has 1 aliphatic heterocycles. The van der Waals surface area contributed by atoms with Crippen LogP contribution < -0.4 is 10.1 Å². The van der Waals surface area contributed by atoms with E-state index in [2.05, 4.69) is 15.4 Å². The summed E-state index contributed by atoms with van der Waals surface area (Å²) in [5, 5.41) is 7.40. The van der Waals surface area contributed by atoms with Gasteiger partial charge in [0.15, 0.2) is 0 Å². The number of aryl methyl sites for hydroxylation is 1. The predicted octanol–water partition coefficient (Wildman–Crippen LogP) is 6.04. The molecule has 0 atom stereocenters. The summed E-state index contributed by atoms with van der Waals surface area (Å²) in [4.78, 5) is 31.3. The van der Waals surface area contributed by atoms with Crippen LogP contribution in [0.15, 0.2) is 67.1 Å². The third kappa shape index (κ3) is 6.06. The van der Waals surface area contributed by atoms with Crippen LogP contribution in [0.3, 0.4) is 0 Å². The maximum Gasteiger partial charge on any atom is 0.258 e. The van der Waals surface area contributed by atoms with Crippen LogP contribution >= 0.6 is 11.6 Å². The van der Waals surface area contributed by atoms with Gasteiger partial charge in [-0.15, -0.1) is 0 Å². The van der Waals surface area contributed by atoms with E-state index in [1.54, 1.807) is 52.2 Å². The number of rotatable bonds is 6. The lowest BCUT2D eigenvalue weighted by atomic mass is 10.0. The third-order valence-electron chi connectivity index (χ3n) is 6.50. The standard InChI is InChI=1S/C28H24ClF2N5O3/c1-17-12-25(31)23(13-24(17)30)27(37)34-20-15-33-36(16-20)21-8-10-35(11-9-21)28(38)18-2-5-22(6-3-18)39-26-7-4-19(29)14-32-26/h2-7,12-16,21H,8-11H2,1H3,(H,34,37). The summed E-state index contributed by atoms with van der Waals surface area (Å²) in [7, 11) is 0. The first-order valence-corrected chi connectivity index (χ1v) is 12.6. The average Bonchev–Trinajstić information content (AvgIpc) is 3.40. The third-order valence-corrected chi connectivity index (χ3v) is 6.73. The second-order valence-electron chi connectivity index (χ2n) is 9.21. The molecule has 39 heavy (non-hydrogen) atoms. The van der Waals surface area contributed by atoms with Gasteiger partial charge < -0.3 is 15.0 Å². The van der Waals surface area contributed by atoms with Crippen molar-refractivity contribution in [3.8, 4) is 11.6 Å². The van der Waals surface area contributed by atoms with E-state index in [-0.39, 0.29) is 23.1 Å². The van der Waals surface area contributed by atoms with Crippen LogP contribution in [0, 0.1) is 18.6 Å². The van der Waals surface area contributed by atoms with E-state index in [0.29, 0.717) is 53.8 Å². The number of hydrogen-bond donors (Lipinski definition) is 1. The summed E-state index contributed by atoms with van der Waals surface area (Å²) in [6, 6.07) is 12.1. The second-order valence-corrected chi connectivity index (χ2v) is 9.65. The normalized spacial score (nSPS) is 13.8. The highest BCUT2D eigenvalue weighted by atomic mass is 35.5. The molecule has 1 saturated heterocycles. The Bertz CT molecular complexity index is 1500. The number of pyridine rings is 1. The number of nitrogens with one attached hydrogen (secondary N) is 1. The molecule has 5 rings (SSSR count). The van der Waals surface area contributed by atoms with Crippen molar-refractivity contribution in [2.45, 2.75) is 25.8 Å². The molecule has 3 heterocycles. The lowest BCUT2D eigenvalue weighted by Gasteiger charge is -2.32. The van der Waals surface area contributed by atoms with Crippen LogP contribution in [0.5, 0.6) is 11.6 Å². The molecule has 2 amide bonds. The summed E-state index contributed by atoms with van der Waals surface area (Å²) in [6.07, 6.45) is 5.94. The number of carbonyl (C=O) groups excluding carboxylic acids is 2. The van der Waals surface area contributed by atoms with Crippen molar-refractivity contribution in [3.05, 3.63) is 100 Å². The van der Waals surface area contributed by atoms with E-state index in [1.807, 2.05) is 0 Å². The Labute approximate surface area is 228 Å². The number of piperidine rings is 1. The fraction of sp³-hybridized carbons (Fsp3) is 0.214. The predicted molar refractivity (Wildman–Crippen MR) is 141 cm³/mol. The summed E-state index contributed by atoms with van der Waals surface area (Å²) < 4.78 is 35.3. The molecule has 2 aromatic heterocycles. The Kier molecular flexibility index (Phi) is 7.56. The Morgan fingerprint density at radius 3 is 2.46 bits per heavy atom. The summed E-state index contributed by atoms with van der Waals surface area (Å²) in [5.41, 5.74) is 0.669. The number of hydrogen-bond acceptors (Lipinski definition) is 5. The van der Waals surface area contributed by atoms with E-state index >= 15 is 0 Å². The first-order chi connectivity index (χ1) is 18.8. The van der Waals surface area contributed by atoms with Crippen LogP contribution in [0.2, 0.25) is 5.02 Å². The lowest BCUT2D eigenvalue weighted by molar-refractivity contribution is 0.0689. The van der Waals surface area contributed by atoms with E-state index in [1.165, 1.54) is 19.3 Å². The SMILES string of the molecule is Cc1cc(F)c(C(=O)Nc2cnn(C3CCN(C(=O)c4ccc(Oc5ccc(Cl)cn5)cc4)CC3)c2)cc1F. The van der Waals surface area contributed by atoms with Crippen molar-refractivity contribution >= 4 is 29.1 Å². The molecule has 1 N–H and O–H groups in total. The molecule has 8 nitrogen and oxygen atoms in total. The minimum Gasteiger partial charge on any atom is -0.439 e. The number of nitrogens with zero attached hydrogens (tertiary/aromatic N) is 4. The van der Waals surface area contributed by atoms with E-state index in [4.69, 9.17) is 16.3 Å². The second kappa shape index (κ2) is 11.2. The van der Waals surface area contributed by atoms with Crippen LogP contribution in [0.25, 0.3) is 0 Å². The molecule has 2 aromatic carbocycles. The average molecular weight is 552 g/mol. The highest BCUT2D eigenvalue weighted by Gasteiger charge is 2.25. The lowest BCUT2D eigenvalue weighted by Crippen LogP contribution is -2.39. The Balaban J connectivity index is 1.15. The number of ether oxygens (including phenoxy) is 1. The van der Waals surface area contributed by atoms with Gasteiger partial charge in [-0.1, -0.05) is 11.6 Å². The largest absolute Gasteiger partial charge is 0.439 e. The van der Waals surface area contributed by atoms with Crippen LogP contribution in [0.1, 0.15) is 45.2 Å². The highest BCUT2D eigenvalue weighted by Crippen LogP contribution is 2.26. The summed E-state index contributed by atoms with van der Waals surface area (Å²) >= 11 is 5.84. The monoisotopic (exact) mass is 551 g/mol. The fourth-order valence-electron chi connectivity index (χ4n) is 4.35. The van der Waals surface area contributed by atoms with Gasteiger partial charge in [0.25, 0.3) is 11.8 Å². The van der Waals surface area contributed by atoms with Gasteiger partial charge in [-0.05, 0) is 67.8 Å². The summed E-state index contributed by atoms with van der Waals surface area (Å²) in [5.74, 6) is -1.33. The van der Waals surface area contributed by atoms with Crippen molar-refractivity contribution in [1.82, 2.24) is 19.7 Å². The zero-order valence-corrected chi connectivity index (χ0v) is 21.7. The number of likely N-dealkylation sites (tertiary alicyclic amines) is 1. The van der Waals surface area contributed by atoms with E-state index in [9.17, 15) is 18.4 Å². The molecular weight excluding hydrogens is 528 g/mol. The molecule has 11 heteroatoms. The molecule has 0 saturated carbocycles. The van der Waals surface area contributed by atoms with Crippen molar-refractivity contribution in [2.24, 2.45) is 0 Å². The molecule has 4 aromatic rings. The maximum absolute atomic E-state index is 14.1. The molecule has 1 fully saturated rings. The minimum absolute atomic E-state index is 0.0240. The molecule has 0 bridgehead atoms. The molecular formula is C28H24ClF2N5O3. The van der Waals surface area contributed by atoms with E-state index < -0.39 is 17.5 Å². The molecule has 0 unspecified atom stereocenters. The minimum atomic E-state index is -0.795. The summed E-state index contributed by atoms with van der Waals surface area (Å²) in [6.45, 7) is 2.49. The highest BCUT2D eigenvalue weighted by molar-refractivity contribution is 6.30. The number of aromatic nitrogens is 3. The van der Waals surface area contributed by atoms with Gasteiger partial charge >= 0.3 is 0 Å². The first-order valence-electron chi connectivity index (χ1n) is 12.3. The Morgan fingerprint density at radius 1 is 1.03 bits per heavy atom. The van der Waals surface area contributed by atoms with Gasteiger partial charge in [-0.25, -0.2) is 13.8 Å². The van der Waals surface area contributed by atoms with Crippen molar-refractivity contribution in [1.29, 1.82) is 0 Å². The van der Waals surface area contributed by atoms with Gasteiger partial charge in [0.2, 0.25) is 5.88 Å². The number of anilines is 1. The number of amides is 2.